The maximum atomic E-state index is 5.14. The number of nitrogens with zero attached hydrogens (tertiary/aromatic N) is 5. The van der Waals surface area contributed by atoms with Crippen molar-refractivity contribution in [3.63, 3.8) is 0 Å². The quantitative estimate of drug-likeness (QED) is 0.608. The summed E-state index contributed by atoms with van der Waals surface area (Å²) in [7, 11) is 0. The van der Waals surface area contributed by atoms with Crippen molar-refractivity contribution >= 4 is 17.0 Å². The SMILES string of the molecule is CCN1CCCC1Cn1c(-c2ccccc2)nc2c(NC3CCCCC3)nc(C)nc21. The first-order valence-electron chi connectivity index (χ1n) is 12.0. The first-order valence-corrected chi connectivity index (χ1v) is 12.0. The second kappa shape index (κ2) is 8.95. The van der Waals surface area contributed by atoms with E-state index in [0.29, 0.717) is 12.1 Å². The van der Waals surface area contributed by atoms with E-state index in [1.165, 1.54) is 51.5 Å². The van der Waals surface area contributed by atoms with E-state index in [1.807, 2.05) is 6.92 Å². The van der Waals surface area contributed by atoms with Gasteiger partial charge >= 0.3 is 0 Å². The summed E-state index contributed by atoms with van der Waals surface area (Å²) in [5.41, 5.74) is 3.02. The molecule has 1 aliphatic carbocycles. The Kier molecular flexibility index (Phi) is 5.90. The normalized spacial score (nSPS) is 20.5. The van der Waals surface area contributed by atoms with Crippen LogP contribution in [0.1, 0.15) is 57.7 Å². The zero-order chi connectivity index (χ0) is 21.2. The fourth-order valence-corrected chi connectivity index (χ4v) is 5.36. The maximum Gasteiger partial charge on any atom is 0.166 e. The van der Waals surface area contributed by atoms with Crippen molar-refractivity contribution in [3.05, 3.63) is 36.2 Å². The summed E-state index contributed by atoms with van der Waals surface area (Å²) in [4.78, 5) is 17.4. The largest absolute Gasteiger partial charge is 0.365 e. The van der Waals surface area contributed by atoms with Crippen LogP contribution in [0.4, 0.5) is 5.82 Å². The minimum atomic E-state index is 0.488. The summed E-state index contributed by atoms with van der Waals surface area (Å²) in [6.45, 7) is 7.48. The van der Waals surface area contributed by atoms with E-state index in [2.05, 4.69) is 52.0 Å². The molecule has 0 amide bonds. The highest BCUT2D eigenvalue weighted by Crippen LogP contribution is 2.31. The van der Waals surface area contributed by atoms with Crippen molar-refractivity contribution in [1.29, 1.82) is 0 Å². The number of rotatable bonds is 6. The van der Waals surface area contributed by atoms with Gasteiger partial charge in [0, 0.05) is 24.2 Å². The lowest BCUT2D eigenvalue weighted by Crippen LogP contribution is -2.33. The Bertz CT molecular complexity index is 1020. The number of imidazole rings is 1. The van der Waals surface area contributed by atoms with Crippen LogP contribution in [0.25, 0.3) is 22.6 Å². The van der Waals surface area contributed by atoms with E-state index in [9.17, 15) is 0 Å². The van der Waals surface area contributed by atoms with E-state index in [1.54, 1.807) is 0 Å². The van der Waals surface area contributed by atoms with Crippen LogP contribution in [0.5, 0.6) is 0 Å². The molecule has 5 rings (SSSR count). The molecule has 164 valence electrons. The van der Waals surface area contributed by atoms with Crippen molar-refractivity contribution in [1.82, 2.24) is 24.4 Å². The van der Waals surface area contributed by atoms with E-state index in [4.69, 9.17) is 15.0 Å². The van der Waals surface area contributed by atoms with Gasteiger partial charge < -0.3 is 9.88 Å². The molecule has 1 N–H and O–H groups in total. The highest BCUT2D eigenvalue weighted by molar-refractivity contribution is 5.86. The third kappa shape index (κ3) is 4.18. The van der Waals surface area contributed by atoms with Crippen LogP contribution in [0.15, 0.2) is 30.3 Å². The number of anilines is 1. The maximum absolute atomic E-state index is 5.14. The summed E-state index contributed by atoms with van der Waals surface area (Å²) in [6.07, 6.45) is 8.87. The van der Waals surface area contributed by atoms with Crippen molar-refractivity contribution in [2.45, 2.75) is 77.4 Å². The Morgan fingerprint density at radius 1 is 0.968 bits per heavy atom. The molecule has 2 fully saturated rings. The molecule has 6 heteroatoms. The van der Waals surface area contributed by atoms with Crippen LogP contribution in [0, 0.1) is 6.92 Å². The van der Waals surface area contributed by atoms with Crippen molar-refractivity contribution in [2.24, 2.45) is 0 Å². The van der Waals surface area contributed by atoms with Gasteiger partial charge in [-0.2, -0.15) is 0 Å². The van der Waals surface area contributed by atoms with E-state index >= 15 is 0 Å². The van der Waals surface area contributed by atoms with Crippen LogP contribution < -0.4 is 5.32 Å². The van der Waals surface area contributed by atoms with Gasteiger partial charge in [-0.15, -0.1) is 0 Å². The van der Waals surface area contributed by atoms with Crippen molar-refractivity contribution < 1.29 is 0 Å². The predicted molar refractivity (Wildman–Crippen MR) is 126 cm³/mol. The Balaban J connectivity index is 1.60. The van der Waals surface area contributed by atoms with Gasteiger partial charge in [-0.05, 0) is 45.7 Å². The predicted octanol–water partition coefficient (Wildman–Crippen LogP) is 5.03. The summed E-state index contributed by atoms with van der Waals surface area (Å²) in [5.74, 6) is 2.72. The number of aryl methyl sites for hydroxylation is 1. The summed E-state index contributed by atoms with van der Waals surface area (Å²) >= 11 is 0. The number of likely N-dealkylation sites (N-methyl/N-ethyl adjacent to an activating group) is 1. The second-order valence-electron chi connectivity index (χ2n) is 9.11. The van der Waals surface area contributed by atoms with Gasteiger partial charge in [0.25, 0.3) is 0 Å². The van der Waals surface area contributed by atoms with E-state index < -0.39 is 0 Å². The monoisotopic (exact) mass is 418 g/mol. The lowest BCUT2D eigenvalue weighted by atomic mass is 9.95. The van der Waals surface area contributed by atoms with Crippen LogP contribution in [-0.4, -0.2) is 49.6 Å². The third-order valence-corrected chi connectivity index (χ3v) is 6.98. The number of hydrogen-bond donors (Lipinski definition) is 1. The molecule has 0 spiro atoms. The van der Waals surface area contributed by atoms with E-state index in [-0.39, 0.29) is 0 Å². The number of likely N-dealkylation sites (tertiary alicyclic amines) is 1. The number of fused-ring (bicyclic) bond motifs is 1. The van der Waals surface area contributed by atoms with Gasteiger partial charge in [0.15, 0.2) is 17.0 Å². The Hall–Kier alpha value is -2.47. The topological polar surface area (TPSA) is 58.9 Å². The zero-order valence-corrected chi connectivity index (χ0v) is 18.8. The Labute approximate surface area is 185 Å². The minimum absolute atomic E-state index is 0.488. The smallest absolute Gasteiger partial charge is 0.166 e. The molecule has 1 unspecified atom stereocenters. The first kappa shape index (κ1) is 20.4. The minimum Gasteiger partial charge on any atom is -0.365 e. The molecule has 3 heterocycles. The number of benzene rings is 1. The number of nitrogens with one attached hydrogen (secondary N) is 1. The molecule has 1 aromatic carbocycles. The zero-order valence-electron chi connectivity index (χ0n) is 18.8. The molecule has 1 saturated carbocycles. The van der Waals surface area contributed by atoms with Gasteiger partial charge in [0.05, 0.1) is 0 Å². The molecular weight excluding hydrogens is 384 g/mol. The standard InChI is InChI=1S/C25H34N6/c1-3-30-16-10-15-21(30)17-31-24(19-11-6-4-7-12-19)29-22-23(26-18(2)27-25(22)31)28-20-13-8-5-9-14-20/h4,6-7,11-12,20-21H,3,5,8-10,13-17H2,1-2H3,(H,26,27,28). The molecule has 2 aromatic heterocycles. The molecule has 31 heavy (non-hydrogen) atoms. The van der Waals surface area contributed by atoms with Gasteiger partial charge in [-0.3, -0.25) is 4.90 Å². The second-order valence-corrected chi connectivity index (χ2v) is 9.11. The summed E-state index contributed by atoms with van der Waals surface area (Å²) in [6, 6.07) is 11.6. The van der Waals surface area contributed by atoms with Crippen molar-refractivity contribution in [3.8, 4) is 11.4 Å². The fraction of sp³-hybridized carbons (Fsp3) is 0.560. The lowest BCUT2D eigenvalue weighted by Gasteiger charge is -2.24. The molecule has 2 aliphatic rings. The molecule has 1 saturated heterocycles. The molecular formula is C25H34N6. The fourth-order valence-electron chi connectivity index (χ4n) is 5.36. The highest BCUT2D eigenvalue weighted by Gasteiger charge is 2.27. The Morgan fingerprint density at radius 3 is 2.55 bits per heavy atom. The van der Waals surface area contributed by atoms with Gasteiger partial charge in [0.1, 0.15) is 11.6 Å². The molecule has 0 radical (unpaired) electrons. The average molecular weight is 419 g/mol. The van der Waals surface area contributed by atoms with Crippen LogP contribution in [-0.2, 0) is 6.54 Å². The van der Waals surface area contributed by atoms with Gasteiger partial charge in [-0.25, -0.2) is 15.0 Å². The molecule has 1 aliphatic heterocycles. The first-order chi connectivity index (χ1) is 15.2. The van der Waals surface area contributed by atoms with Gasteiger partial charge in [-0.1, -0.05) is 56.5 Å². The highest BCUT2D eigenvalue weighted by atomic mass is 15.2. The summed E-state index contributed by atoms with van der Waals surface area (Å²) in [5, 5.41) is 3.73. The molecule has 1 atom stereocenters. The third-order valence-electron chi connectivity index (χ3n) is 6.98. The van der Waals surface area contributed by atoms with Crippen LogP contribution >= 0.6 is 0 Å². The van der Waals surface area contributed by atoms with Crippen LogP contribution in [0.2, 0.25) is 0 Å². The average Bonchev–Trinajstić information content (AvgIpc) is 3.40. The van der Waals surface area contributed by atoms with Gasteiger partial charge in [0.2, 0.25) is 0 Å². The number of hydrogen-bond acceptors (Lipinski definition) is 5. The molecule has 3 aromatic rings. The molecule has 6 nitrogen and oxygen atoms in total. The van der Waals surface area contributed by atoms with Crippen LogP contribution in [0.3, 0.4) is 0 Å². The van der Waals surface area contributed by atoms with E-state index in [0.717, 1.165) is 47.3 Å². The molecule has 0 bridgehead atoms. The Morgan fingerprint density at radius 2 is 1.77 bits per heavy atom. The lowest BCUT2D eigenvalue weighted by molar-refractivity contribution is 0.246. The summed E-state index contributed by atoms with van der Waals surface area (Å²) < 4.78 is 2.35. The number of aromatic nitrogens is 4. The van der Waals surface area contributed by atoms with Crippen molar-refractivity contribution in [2.75, 3.05) is 18.4 Å².